The summed E-state index contributed by atoms with van der Waals surface area (Å²) in [5, 5.41) is 4.47. The molecule has 96 valence electrons. The van der Waals surface area contributed by atoms with Crippen LogP contribution < -0.4 is 5.43 Å². The SMILES string of the molecule is C/C(=N\NC(=O)c1cccc(Cl)c1)c1cnccn1. The molecule has 1 heterocycles. The molecule has 0 fully saturated rings. The molecule has 6 heteroatoms. The Labute approximate surface area is 115 Å². The Bertz CT molecular complexity index is 613. The van der Waals surface area contributed by atoms with Crippen LogP contribution >= 0.6 is 11.6 Å². The Balaban J connectivity index is 2.08. The van der Waals surface area contributed by atoms with Crippen molar-refractivity contribution < 1.29 is 4.79 Å². The number of hydrogen-bond donors (Lipinski definition) is 1. The predicted octanol–water partition coefficient (Wildman–Crippen LogP) is 2.28. The van der Waals surface area contributed by atoms with E-state index in [2.05, 4.69) is 20.5 Å². The van der Waals surface area contributed by atoms with Crippen LogP contribution in [0.1, 0.15) is 23.0 Å². The highest BCUT2D eigenvalue weighted by Crippen LogP contribution is 2.10. The van der Waals surface area contributed by atoms with E-state index in [9.17, 15) is 4.79 Å². The second kappa shape index (κ2) is 6.06. The molecule has 1 aromatic heterocycles. The van der Waals surface area contributed by atoms with Gasteiger partial charge in [-0.3, -0.25) is 14.8 Å². The Morgan fingerprint density at radius 3 is 2.89 bits per heavy atom. The van der Waals surface area contributed by atoms with Gasteiger partial charge in [-0.25, -0.2) is 5.43 Å². The van der Waals surface area contributed by atoms with Gasteiger partial charge in [-0.2, -0.15) is 5.10 Å². The highest BCUT2D eigenvalue weighted by atomic mass is 35.5. The molecule has 0 aliphatic heterocycles. The van der Waals surface area contributed by atoms with Gasteiger partial charge in [0.15, 0.2) is 0 Å². The first-order valence-electron chi connectivity index (χ1n) is 5.53. The normalized spacial score (nSPS) is 11.2. The number of carbonyl (C=O) groups is 1. The maximum Gasteiger partial charge on any atom is 0.271 e. The minimum Gasteiger partial charge on any atom is -0.267 e. The van der Waals surface area contributed by atoms with Gasteiger partial charge in [0, 0.05) is 23.0 Å². The van der Waals surface area contributed by atoms with E-state index in [0.717, 1.165) is 0 Å². The van der Waals surface area contributed by atoms with E-state index < -0.39 is 0 Å². The van der Waals surface area contributed by atoms with Crippen molar-refractivity contribution in [1.82, 2.24) is 15.4 Å². The van der Waals surface area contributed by atoms with Gasteiger partial charge in [0.25, 0.3) is 5.91 Å². The molecule has 0 bridgehead atoms. The van der Waals surface area contributed by atoms with E-state index in [-0.39, 0.29) is 5.91 Å². The molecule has 0 atom stereocenters. The van der Waals surface area contributed by atoms with Gasteiger partial charge < -0.3 is 0 Å². The van der Waals surface area contributed by atoms with E-state index in [0.29, 0.717) is 22.0 Å². The van der Waals surface area contributed by atoms with Crippen LogP contribution in [-0.2, 0) is 0 Å². The standard InChI is InChI=1S/C13H11ClN4O/c1-9(12-8-15-5-6-16-12)17-18-13(19)10-3-2-4-11(14)7-10/h2-8H,1H3,(H,18,19)/b17-9+. The zero-order valence-electron chi connectivity index (χ0n) is 10.2. The molecule has 19 heavy (non-hydrogen) atoms. The monoisotopic (exact) mass is 274 g/mol. The van der Waals surface area contributed by atoms with Gasteiger partial charge in [0.1, 0.15) is 5.69 Å². The molecule has 0 unspecified atom stereocenters. The summed E-state index contributed by atoms with van der Waals surface area (Å²) >= 11 is 5.81. The molecule has 1 N–H and O–H groups in total. The maximum atomic E-state index is 11.8. The molecule has 0 spiro atoms. The molecule has 0 radical (unpaired) electrons. The highest BCUT2D eigenvalue weighted by molar-refractivity contribution is 6.30. The van der Waals surface area contributed by atoms with E-state index >= 15 is 0 Å². The summed E-state index contributed by atoms with van der Waals surface area (Å²) in [6, 6.07) is 6.64. The second-order valence-electron chi connectivity index (χ2n) is 3.74. The number of amides is 1. The molecule has 5 nitrogen and oxygen atoms in total. The fourth-order valence-corrected chi connectivity index (χ4v) is 1.56. The van der Waals surface area contributed by atoms with Crippen LogP contribution in [0.15, 0.2) is 48.0 Å². The first kappa shape index (κ1) is 13.2. The molecular weight excluding hydrogens is 264 g/mol. The lowest BCUT2D eigenvalue weighted by atomic mass is 10.2. The van der Waals surface area contributed by atoms with Crippen molar-refractivity contribution >= 4 is 23.2 Å². The van der Waals surface area contributed by atoms with Gasteiger partial charge in [0.05, 0.1) is 11.9 Å². The van der Waals surface area contributed by atoms with Crippen molar-refractivity contribution in [2.45, 2.75) is 6.92 Å². The summed E-state index contributed by atoms with van der Waals surface area (Å²) in [5.74, 6) is -0.328. The lowest BCUT2D eigenvalue weighted by Gasteiger charge is -2.02. The third-order valence-corrected chi connectivity index (χ3v) is 2.58. The third-order valence-electron chi connectivity index (χ3n) is 2.35. The quantitative estimate of drug-likeness (QED) is 0.690. The lowest BCUT2D eigenvalue weighted by molar-refractivity contribution is 0.0955. The number of hydrogen-bond acceptors (Lipinski definition) is 4. The van der Waals surface area contributed by atoms with Crippen molar-refractivity contribution in [3.05, 3.63) is 59.1 Å². The topological polar surface area (TPSA) is 67.2 Å². The Kier molecular flexibility index (Phi) is 4.20. The van der Waals surface area contributed by atoms with Crippen LogP contribution in [0.5, 0.6) is 0 Å². The third kappa shape index (κ3) is 3.59. The number of aromatic nitrogens is 2. The second-order valence-corrected chi connectivity index (χ2v) is 4.18. The number of carbonyl (C=O) groups excluding carboxylic acids is 1. The van der Waals surface area contributed by atoms with Crippen LogP contribution in [0.3, 0.4) is 0 Å². The van der Waals surface area contributed by atoms with Crippen LogP contribution in [0, 0.1) is 0 Å². The Hall–Kier alpha value is -2.27. The minimum atomic E-state index is -0.328. The zero-order valence-corrected chi connectivity index (χ0v) is 10.9. The summed E-state index contributed by atoms with van der Waals surface area (Å²) in [6.07, 6.45) is 4.71. The van der Waals surface area contributed by atoms with E-state index in [4.69, 9.17) is 11.6 Å². The molecule has 2 rings (SSSR count). The molecule has 1 aromatic carbocycles. The van der Waals surface area contributed by atoms with Crippen molar-refractivity contribution in [3.8, 4) is 0 Å². The maximum absolute atomic E-state index is 11.8. The van der Waals surface area contributed by atoms with Gasteiger partial charge in [-0.15, -0.1) is 0 Å². The molecule has 0 aliphatic rings. The fourth-order valence-electron chi connectivity index (χ4n) is 1.37. The van der Waals surface area contributed by atoms with E-state index in [1.165, 1.54) is 0 Å². The largest absolute Gasteiger partial charge is 0.271 e. The summed E-state index contributed by atoms with van der Waals surface area (Å²) < 4.78 is 0. The Morgan fingerprint density at radius 2 is 2.21 bits per heavy atom. The Morgan fingerprint density at radius 1 is 1.37 bits per heavy atom. The average Bonchev–Trinajstić information content (AvgIpc) is 2.45. The summed E-state index contributed by atoms with van der Waals surface area (Å²) in [4.78, 5) is 19.8. The van der Waals surface area contributed by atoms with Gasteiger partial charge in [-0.1, -0.05) is 17.7 Å². The van der Waals surface area contributed by atoms with Crippen molar-refractivity contribution in [2.75, 3.05) is 0 Å². The predicted molar refractivity (Wildman–Crippen MR) is 73.2 cm³/mol. The molecule has 0 saturated carbocycles. The van der Waals surface area contributed by atoms with Crippen LogP contribution in [0.2, 0.25) is 5.02 Å². The van der Waals surface area contributed by atoms with Crippen LogP contribution in [-0.4, -0.2) is 21.6 Å². The first-order chi connectivity index (χ1) is 9.16. The van der Waals surface area contributed by atoms with Gasteiger partial charge in [-0.05, 0) is 25.1 Å². The van der Waals surface area contributed by atoms with Gasteiger partial charge in [0.2, 0.25) is 0 Å². The smallest absolute Gasteiger partial charge is 0.267 e. The average molecular weight is 275 g/mol. The van der Waals surface area contributed by atoms with E-state index in [1.54, 1.807) is 49.8 Å². The summed E-state index contributed by atoms with van der Waals surface area (Å²) in [6.45, 7) is 1.74. The molecule has 1 amide bonds. The minimum absolute atomic E-state index is 0.328. The first-order valence-corrected chi connectivity index (χ1v) is 5.91. The fraction of sp³-hybridized carbons (Fsp3) is 0.0769. The lowest BCUT2D eigenvalue weighted by Crippen LogP contribution is -2.19. The van der Waals surface area contributed by atoms with Gasteiger partial charge >= 0.3 is 0 Å². The summed E-state index contributed by atoms with van der Waals surface area (Å²) in [5.41, 5.74) is 4.07. The molecule has 0 aliphatic carbocycles. The summed E-state index contributed by atoms with van der Waals surface area (Å²) in [7, 11) is 0. The number of rotatable bonds is 3. The highest BCUT2D eigenvalue weighted by Gasteiger charge is 2.05. The number of benzene rings is 1. The van der Waals surface area contributed by atoms with Crippen LogP contribution in [0.25, 0.3) is 0 Å². The van der Waals surface area contributed by atoms with Crippen molar-refractivity contribution in [2.24, 2.45) is 5.10 Å². The zero-order chi connectivity index (χ0) is 13.7. The van der Waals surface area contributed by atoms with E-state index in [1.807, 2.05) is 0 Å². The van der Waals surface area contributed by atoms with Crippen LogP contribution in [0.4, 0.5) is 0 Å². The number of nitrogens with one attached hydrogen (secondary N) is 1. The number of halogens is 1. The molecular formula is C13H11ClN4O. The van der Waals surface area contributed by atoms with Crippen molar-refractivity contribution in [3.63, 3.8) is 0 Å². The molecule has 0 saturated heterocycles. The van der Waals surface area contributed by atoms with Crippen molar-refractivity contribution in [1.29, 1.82) is 0 Å². The number of hydrazone groups is 1. The molecule has 2 aromatic rings. The number of nitrogens with zero attached hydrogens (tertiary/aromatic N) is 3.